The van der Waals surface area contributed by atoms with Crippen LogP contribution in [0, 0.1) is 0 Å². The van der Waals surface area contributed by atoms with Crippen LogP contribution >= 0.6 is 0 Å². The van der Waals surface area contributed by atoms with Gasteiger partial charge in [0.2, 0.25) is 5.52 Å². The van der Waals surface area contributed by atoms with Crippen molar-refractivity contribution in [3.05, 3.63) is 84.1 Å². The molecule has 0 atom stereocenters. The summed E-state index contributed by atoms with van der Waals surface area (Å²) in [6.45, 7) is 6.68. The Morgan fingerprint density at radius 2 is 1.65 bits per heavy atom. The van der Waals surface area contributed by atoms with Crippen LogP contribution in [0.1, 0.15) is 36.7 Å². The molecule has 4 aromatic rings. The van der Waals surface area contributed by atoms with Crippen molar-refractivity contribution in [1.82, 2.24) is 10.3 Å². The maximum absolute atomic E-state index is 12.8. The van der Waals surface area contributed by atoms with Crippen molar-refractivity contribution in [2.75, 3.05) is 13.2 Å². The molecule has 0 saturated carbocycles. The minimum absolute atomic E-state index is 0. The summed E-state index contributed by atoms with van der Waals surface area (Å²) in [5, 5.41) is 11.9. The molecule has 2 N–H and O–H groups in total. The van der Waals surface area contributed by atoms with Gasteiger partial charge in [0.1, 0.15) is 18.3 Å². The van der Waals surface area contributed by atoms with E-state index in [1.807, 2.05) is 54.2 Å². The Morgan fingerprint density at radius 3 is 2.32 bits per heavy atom. The van der Waals surface area contributed by atoms with Gasteiger partial charge in [-0.3, -0.25) is 4.79 Å². The van der Waals surface area contributed by atoms with Gasteiger partial charge in [0.25, 0.3) is 5.91 Å². The molecule has 0 radical (unpaired) electrons. The van der Waals surface area contributed by atoms with E-state index in [9.17, 15) is 4.79 Å². The zero-order valence-corrected chi connectivity index (χ0v) is 22.1. The lowest BCUT2D eigenvalue weighted by molar-refractivity contribution is -0.644. The molecule has 0 aliphatic heterocycles. The van der Waals surface area contributed by atoms with Gasteiger partial charge >= 0.3 is 0 Å². The van der Waals surface area contributed by atoms with Gasteiger partial charge in [-0.2, -0.15) is 4.57 Å². The molecule has 3 aromatic carbocycles. The molecule has 0 fully saturated rings. The Morgan fingerprint density at radius 1 is 0.971 bits per heavy atom. The number of halogens is 1. The fraction of sp³-hybridized carbons (Fsp3) is 0.250. The summed E-state index contributed by atoms with van der Waals surface area (Å²) < 4.78 is 2.05. The summed E-state index contributed by atoms with van der Waals surface area (Å²) in [7, 11) is 2.00. The summed E-state index contributed by atoms with van der Waals surface area (Å²) in [5.41, 5.74) is 7.42. The van der Waals surface area contributed by atoms with Gasteiger partial charge < -0.3 is 34.4 Å². The van der Waals surface area contributed by atoms with E-state index in [0.29, 0.717) is 5.56 Å². The van der Waals surface area contributed by atoms with Crippen LogP contribution in [-0.4, -0.2) is 29.1 Å². The third-order valence-electron chi connectivity index (χ3n) is 5.79. The Hall–Kier alpha value is -2.84. The maximum atomic E-state index is 12.8. The monoisotopic (exact) mass is 567 g/mol. The van der Waals surface area contributed by atoms with Crippen LogP contribution in [0.2, 0.25) is 0 Å². The van der Waals surface area contributed by atoms with Crippen LogP contribution in [0.4, 0.5) is 0 Å². The Balaban J connectivity index is 0.00000324. The predicted octanol–water partition coefficient (Wildman–Crippen LogP) is 1.42. The van der Waals surface area contributed by atoms with Crippen molar-refractivity contribution in [3.63, 3.8) is 0 Å². The third-order valence-corrected chi connectivity index (χ3v) is 5.79. The number of benzene rings is 3. The molecule has 5 nitrogen and oxygen atoms in total. The van der Waals surface area contributed by atoms with Gasteiger partial charge in [0, 0.05) is 23.7 Å². The number of aromatic nitrogens is 2. The van der Waals surface area contributed by atoms with E-state index in [-0.39, 0.29) is 48.5 Å². The molecular formula is C28H30IN3O2. The molecule has 4 rings (SSSR count). The highest BCUT2D eigenvalue weighted by molar-refractivity contribution is 5.97. The van der Waals surface area contributed by atoms with Crippen LogP contribution in [0.3, 0.4) is 0 Å². The van der Waals surface area contributed by atoms with Gasteiger partial charge in [-0.05, 0) is 46.4 Å². The van der Waals surface area contributed by atoms with E-state index in [1.54, 1.807) is 0 Å². The lowest BCUT2D eigenvalue weighted by Crippen LogP contribution is -3.00. The van der Waals surface area contributed by atoms with Crippen LogP contribution in [0.5, 0.6) is 0 Å². The Labute approximate surface area is 217 Å². The summed E-state index contributed by atoms with van der Waals surface area (Å²) in [6.07, 6.45) is 1.99. The largest absolute Gasteiger partial charge is 1.00 e. The van der Waals surface area contributed by atoms with Gasteiger partial charge in [-0.25, -0.2) is 4.98 Å². The van der Waals surface area contributed by atoms with E-state index in [0.717, 1.165) is 33.4 Å². The minimum Gasteiger partial charge on any atom is -1.00 e. The Kier molecular flexibility index (Phi) is 8.05. The maximum Gasteiger partial charge on any atom is 0.251 e. The number of aliphatic hydroxyl groups is 1. The van der Waals surface area contributed by atoms with Gasteiger partial charge in [0.05, 0.1) is 6.61 Å². The average Bonchev–Trinajstić information content (AvgIpc) is 2.81. The first-order valence-electron chi connectivity index (χ1n) is 11.2. The van der Waals surface area contributed by atoms with E-state index in [2.05, 4.69) is 56.4 Å². The average molecular weight is 567 g/mol. The summed E-state index contributed by atoms with van der Waals surface area (Å²) >= 11 is 0. The lowest BCUT2D eigenvalue weighted by atomic mass is 9.86. The van der Waals surface area contributed by atoms with Crippen molar-refractivity contribution < 1.29 is 38.4 Å². The number of para-hydroxylation sites is 2. The van der Waals surface area contributed by atoms with Gasteiger partial charge in [0.15, 0.2) is 6.20 Å². The predicted molar refractivity (Wildman–Crippen MR) is 132 cm³/mol. The van der Waals surface area contributed by atoms with Crippen LogP contribution in [0.15, 0.2) is 72.9 Å². The third kappa shape index (κ3) is 5.62. The van der Waals surface area contributed by atoms with Crippen molar-refractivity contribution in [1.29, 1.82) is 0 Å². The number of hydrogen-bond donors (Lipinski definition) is 2. The van der Waals surface area contributed by atoms with Crippen LogP contribution < -0.4 is 33.9 Å². The zero-order valence-electron chi connectivity index (χ0n) is 20.0. The van der Waals surface area contributed by atoms with E-state index >= 15 is 0 Å². The summed E-state index contributed by atoms with van der Waals surface area (Å²) in [5.74, 6) is -0.219. The number of aliphatic hydroxyl groups excluding tert-OH is 1. The first-order valence-corrected chi connectivity index (χ1v) is 11.2. The number of rotatable bonds is 5. The molecule has 34 heavy (non-hydrogen) atoms. The number of fused-ring (bicyclic) bond motifs is 1. The molecule has 0 aliphatic carbocycles. The normalized spacial score (nSPS) is 11.2. The fourth-order valence-electron chi connectivity index (χ4n) is 3.92. The summed E-state index contributed by atoms with van der Waals surface area (Å²) in [6, 6.07) is 22.3. The van der Waals surface area contributed by atoms with E-state index < -0.39 is 0 Å². The number of hydrogen-bond acceptors (Lipinski definition) is 3. The molecule has 176 valence electrons. The van der Waals surface area contributed by atoms with Gasteiger partial charge in [-0.15, -0.1) is 0 Å². The topological polar surface area (TPSA) is 66.1 Å². The number of carbonyl (C=O) groups is 1. The van der Waals surface area contributed by atoms with Crippen LogP contribution in [-0.2, 0) is 12.5 Å². The molecule has 0 saturated heterocycles. The lowest BCUT2D eigenvalue weighted by Gasteiger charge is -2.19. The second-order valence-electron chi connectivity index (χ2n) is 9.33. The zero-order chi connectivity index (χ0) is 23.6. The molecule has 1 amide bonds. The van der Waals surface area contributed by atoms with E-state index in [1.165, 1.54) is 5.56 Å². The second-order valence-corrected chi connectivity index (χ2v) is 9.33. The molecule has 6 heteroatoms. The Bertz CT molecular complexity index is 1310. The van der Waals surface area contributed by atoms with Gasteiger partial charge in [-0.1, -0.05) is 57.2 Å². The molecule has 1 aromatic heterocycles. The first-order chi connectivity index (χ1) is 15.8. The van der Waals surface area contributed by atoms with Crippen molar-refractivity contribution in [3.8, 4) is 22.4 Å². The highest BCUT2D eigenvalue weighted by Crippen LogP contribution is 2.30. The molecule has 0 aliphatic rings. The smallest absolute Gasteiger partial charge is 0.251 e. The molecule has 0 unspecified atom stereocenters. The van der Waals surface area contributed by atoms with Crippen molar-refractivity contribution >= 4 is 16.9 Å². The van der Waals surface area contributed by atoms with E-state index in [4.69, 9.17) is 10.1 Å². The highest BCUT2D eigenvalue weighted by Gasteiger charge is 2.17. The second kappa shape index (κ2) is 10.6. The molecule has 0 bridgehead atoms. The minimum atomic E-state index is -0.219. The van der Waals surface area contributed by atoms with Crippen molar-refractivity contribution in [2.45, 2.75) is 26.2 Å². The summed E-state index contributed by atoms with van der Waals surface area (Å²) in [4.78, 5) is 17.6. The van der Waals surface area contributed by atoms with Crippen molar-refractivity contribution in [2.24, 2.45) is 7.05 Å². The quantitative estimate of drug-likeness (QED) is 0.283. The van der Waals surface area contributed by atoms with Crippen LogP contribution in [0.25, 0.3) is 33.4 Å². The number of nitrogens with zero attached hydrogens (tertiary/aromatic N) is 2. The SMILES string of the molecule is C[n+]1cc(-c2cc(C(=O)NCCO)cc(-c3ccc(C(C)(C)C)cc3)c2)nc2ccccc21.[I-]. The molecule has 1 heterocycles. The number of nitrogens with one attached hydrogen (secondary N) is 1. The highest BCUT2D eigenvalue weighted by atomic mass is 127. The molecule has 0 spiro atoms. The number of carbonyl (C=O) groups excluding carboxylic acids is 1. The number of aryl methyl sites for hydroxylation is 1. The fourth-order valence-corrected chi connectivity index (χ4v) is 3.92. The molecular weight excluding hydrogens is 537 g/mol. The first kappa shape index (κ1) is 25.8. The number of amides is 1. The standard InChI is InChI=1S/C28H29N3O2.HI/c1-28(2,3)23-11-9-19(10-12-23)20-15-21(17-22(16-20)27(33)29-13-14-32)25-18-31(4)26-8-6-5-7-24(26)30-25;/h5-12,15-18,32H,13-14H2,1-4H3;1H.